The summed E-state index contributed by atoms with van der Waals surface area (Å²) in [4.78, 5) is 11.9. The number of rotatable bonds is 6. The van der Waals surface area contributed by atoms with Gasteiger partial charge in [0, 0.05) is 11.1 Å². The van der Waals surface area contributed by atoms with Crippen molar-refractivity contribution >= 4 is 29.1 Å². The molecule has 0 bridgehead atoms. The number of carbonyl (C=O) groups excluding carboxylic acids is 1. The van der Waals surface area contributed by atoms with Gasteiger partial charge in [-0.3, -0.25) is 4.79 Å². The lowest BCUT2D eigenvalue weighted by atomic mass is 10.1. The molecule has 0 aliphatic heterocycles. The summed E-state index contributed by atoms with van der Waals surface area (Å²) in [5.41, 5.74) is 0.819. The number of carbonyl (C=O) groups is 1. The summed E-state index contributed by atoms with van der Waals surface area (Å²) in [6.45, 7) is -0.420. The maximum atomic E-state index is 11.9. The molecule has 6 heteroatoms. The highest BCUT2D eigenvalue weighted by atomic mass is 35.5. The van der Waals surface area contributed by atoms with E-state index < -0.39 is 6.04 Å². The standard InChI is InChI=1S/C16H15Cl2NO3/c17-12-6-7-13(18)15(8-12)22-10-16(21)19-14(9-20)11-4-2-1-3-5-11/h1-8,14,20H,9-10H2,(H,19,21). The van der Waals surface area contributed by atoms with Crippen molar-refractivity contribution in [3.05, 3.63) is 64.1 Å². The first kappa shape index (κ1) is 16.6. The fourth-order valence-electron chi connectivity index (χ4n) is 1.89. The van der Waals surface area contributed by atoms with Crippen LogP contribution in [0.4, 0.5) is 0 Å². The largest absolute Gasteiger partial charge is 0.482 e. The van der Waals surface area contributed by atoms with Crippen LogP contribution >= 0.6 is 23.2 Å². The van der Waals surface area contributed by atoms with E-state index in [4.69, 9.17) is 27.9 Å². The van der Waals surface area contributed by atoms with Gasteiger partial charge in [-0.1, -0.05) is 53.5 Å². The molecule has 0 radical (unpaired) electrons. The van der Waals surface area contributed by atoms with Crippen molar-refractivity contribution in [3.63, 3.8) is 0 Å². The highest BCUT2D eigenvalue weighted by Crippen LogP contribution is 2.27. The van der Waals surface area contributed by atoms with Crippen LogP contribution in [0.3, 0.4) is 0 Å². The minimum absolute atomic E-state index is 0.201. The maximum absolute atomic E-state index is 11.9. The van der Waals surface area contributed by atoms with Gasteiger partial charge in [0.25, 0.3) is 5.91 Å². The van der Waals surface area contributed by atoms with Gasteiger partial charge in [-0.15, -0.1) is 0 Å². The quantitative estimate of drug-likeness (QED) is 0.849. The highest BCUT2D eigenvalue weighted by molar-refractivity contribution is 6.34. The normalized spacial score (nSPS) is 11.8. The molecule has 22 heavy (non-hydrogen) atoms. The van der Waals surface area contributed by atoms with E-state index in [1.807, 2.05) is 30.3 Å². The van der Waals surface area contributed by atoms with Crippen molar-refractivity contribution < 1.29 is 14.6 Å². The Bertz CT molecular complexity index is 635. The molecule has 116 valence electrons. The first-order valence-corrected chi connectivity index (χ1v) is 7.38. The van der Waals surface area contributed by atoms with Gasteiger partial charge in [0.1, 0.15) is 5.75 Å². The second-order valence-corrected chi connectivity index (χ2v) is 5.42. The molecule has 0 aromatic heterocycles. The highest BCUT2D eigenvalue weighted by Gasteiger charge is 2.14. The maximum Gasteiger partial charge on any atom is 0.258 e. The van der Waals surface area contributed by atoms with Crippen LogP contribution in [0.2, 0.25) is 10.0 Å². The molecular weight excluding hydrogens is 325 g/mol. The van der Waals surface area contributed by atoms with E-state index in [0.717, 1.165) is 5.56 Å². The summed E-state index contributed by atoms with van der Waals surface area (Å²) in [6, 6.07) is 13.5. The van der Waals surface area contributed by atoms with Crippen molar-refractivity contribution in [2.24, 2.45) is 0 Å². The van der Waals surface area contributed by atoms with Crippen LogP contribution in [0.25, 0.3) is 0 Å². The molecule has 2 aromatic rings. The fraction of sp³-hybridized carbons (Fsp3) is 0.188. The van der Waals surface area contributed by atoms with E-state index in [1.165, 1.54) is 6.07 Å². The number of hydrogen-bond donors (Lipinski definition) is 2. The van der Waals surface area contributed by atoms with Crippen molar-refractivity contribution in [2.75, 3.05) is 13.2 Å². The van der Waals surface area contributed by atoms with E-state index in [-0.39, 0.29) is 19.1 Å². The molecule has 1 unspecified atom stereocenters. The van der Waals surface area contributed by atoms with E-state index in [2.05, 4.69) is 5.32 Å². The first-order valence-electron chi connectivity index (χ1n) is 6.63. The van der Waals surface area contributed by atoms with Crippen LogP contribution in [-0.4, -0.2) is 24.2 Å². The van der Waals surface area contributed by atoms with Crippen LogP contribution in [-0.2, 0) is 4.79 Å². The molecule has 0 saturated carbocycles. The molecule has 2 aromatic carbocycles. The molecule has 0 heterocycles. The van der Waals surface area contributed by atoms with Gasteiger partial charge >= 0.3 is 0 Å². The summed E-state index contributed by atoms with van der Waals surface area (Å²) in [6.07, 6.45) is 0. The van der Waals surface area contributed by atoms with Gasteiger partial charge in [-0.05, 0) is 17.7 Å². The summed E-state index contributed by atoms with van der Waals surface area (Å²) >= 11 is 11.8. The Morgan fingerprint density at radius 3 is 2.59 bits per heavy atom. The van der Waals surface area contributed by atoms with Crippen LogP contribution in [0.1, 0.15) is 11.6 Å². The number of halogens is 2. The van der Waals surface area contributed by atoms with Crippen LogP contribution < -0.4 is 10.1 Å². The number of hydrogen-bond acceptors (Lipinski definition) is 3. The van der Waals surface area contributed by atoms with Crippen LogP contribution in [0, 0.1) is 0 Å². The van der Waals surface area contributed by atoms with Crippen LogP contribution in [0.5, 0.6) is 5.75 Å². The summed E-state index contributed by atoms with van der Waals surface area (Å²) in [5.74, 6) is -0.0245. The van der Waals surface area contributed by atoms with Crippen molar-refractivity contribution in [3.8, 4) is 5.75 Å². The Balaban J connectivity index is 1.93. The van der Waals surface area contributed by atoms with Gasteiger partial charge in [0.05, 0.1) is 17.7 Å². The van der Waals surface area contributed by atoms with Gasteiger partial charge in [-0.25, -0.2) is 0 Å². The van der Waals surface area contributed by atoms with Crippen molar-refractivity contribution in [1.82, 2.24) is 5.32 Å². The zero-order valence-electron chi connectivity index (χ0n) is 11.6. The van der Waals surface area contributed by atoms with Gasteiger partial charge < -0.3 is 15.2 Å². The lowest BCUT2D eigenvalue weighted by Crippen LogP contribution is -2.34. The molecule has 0 aliphatic carbocycles. The number of benzene rings is 2. The number of ether oxygens (including phenoxy) is 1. The third-order valence-electron chi connectivity index (χ3n) is 2.97. The van der Waals surface area contributed by atoms with E-state index in [9.17, 15) is 9.90 Å². The lowest BCUT2D eigenvalue weighted by Gasteiger charge is -2.17. The third-order valence-corrected chi connectivity index (χ3v) is 3.52. The zero-order chi connectivity index (χ0) is 15.9. The Morgan fingerprint density at radius 2 is 1.91 bits per heavy atom. The second-order valence-electron chi connectivity index (χ2n) is 4.58. The number of nitrogens with one attached hydrogen (secondary N) is 1. The first-order chi connectivity index (χ1) is 10.6. The SMILES string of the molecule is O=C(COc1cc(Cl)ccc1Cl)NC(CO)c1ccccc1. The van der Waals surface area contributed by atoms with Gasteiger partial charge in [0.2, 0.25) is 0 Å². The second kappa shape index (κ2) is 8.03. The molecule has 0 fully saturated rings. The van der Waals surface area contributed by atoms with Crippen molar-refractivity contribution in [1.29, 1.82) is 0 Å². The minimum Gasteiger partial charge on any atom is -0.482 e. The molecular formula is C16H15Cl2NO3. The zero-order valence-corrected chi connectivity index (χ0v) is 13.1. The average molecular weight is 340 g/mol. The molecule has 0 spiro atoms. The average Bonchev–Trinajstić information content (AvgIpc) is 2.54. The van der Waals surface area contributed by atoms with Gasteiger partial charge in [-0.2, -0.15) is 0 Å². The van der Waals surface area contributed by atoms with E-state index in [1.54, 1.807) is 12.1 Å². The molecule has 4 nitrogen and oxygen atoms in total. The summed E-state index contributed by atoms with van der Waals surface area (Å²) in [5, 5.41) is 12.9. The topological polar surface area (TPSA) is 58.6 Å². The molecule has 2 rings (SSSR count). The van der Waals surface area contributed by atoms with Gasteiger partial charge in [0.15, 0.2) is 6.61 Å². The Hall–Kier alpha value is -1.75. The molecule has 0 saturated heterocycles. The molecule has 1 amide bonds. The Morgan fingerprint density at radius 1 is 1.18 bits per heavy atom. The number of amides is 1. The smallest absolute Gasteiger partial charge is 0.258 e. The van der Waals surface area contributed by atoms with E-state index in [0.29, 0.717) is 15.8 Å². The predicted octanol–water partition coefficient (Wildman–Crippen LogP) is 3.22. The third kappa shape index (κ3) is 4.63. The van der Waals surface area contributed by atoms with Crippen LogP contribution in [0.15, 0.2) is 48.5 Å². The molecule has 1 atom stereocenters. The lowest BCUT2D eigenvalue weighted by molar-refractivity contribution is -0.124. The monoisotopic (exact) mass is 339 g/mol. The Kier molecular flexibility index (Phi) is 6.07. The minimum atomic E-state index is -0.480. The molecule has 2 N–H and O–H groups in total. The predicted molar refractivity (Wildman–Crippen MR) is 86.4 cm³/mol. The van der Waals surface area contributed by atoms with E-state index >= 15 is 0 Å². The summed E-state index contributed by atoms with van der Waals surface area (Å²) < 4.78 is 5.35. The number of aliphatic hydroxyl groups is 1. The molecule has 0 aliphatic rings. The fourth-order valence-corrected chi connectivity index (χ4v) is 2.22. The van der Waals surface area contributed by atoms with Crippen molar-refractivity contribution in [2.45, 2.75) is 6.04 Å². The summed E-state index contributed by atoms with van der Waals surface area (Å²) in [7, 11) is 0. The number of aliphatic hydroxyl groups excluding tert-OH is 1. The Labute approximate surface area is 138 Å².